The van der Waals surface area contributed by atoms with E-state index < -0.39 is 0 Å². The average Bonchev–Trinajstić information content (AvgIpc) is 2.36. The van der Waals surface area contributed by atoms with Gasteiger partial charge in [0.2, 0.25) is 5.91 Å². The number of amides is 1. The van der Waals surface area contributed by atoms with E-state index in [-0.39, 0.29) is 12.5 Å². The number of aryl methyl sites for hydroxylation is 1. The van der Waals surface area contributed by atoms with Crippen LogP contribution in [0.25, 0.3) is 0 Å². The van der Waals surface area contributed by atoms with E-state index in [9.17, 15) is 4.79 Å². The summed E-state index contributed by atoms with van der Waals surface area (Å²) in [4.78, 5) is 12.7. The third kappa shape index (κ3) is 6.07. The quantitative estimate of drug-likeness (QED) is 0.745. The Hall–Kier alpha value is -1.00. The molecule has 1 unspecified atom stereocenters. The normalized spacial score (nSPS) is 12.2. The Balaban J connectivity index is 2.22. The number of benzene rings is 1. The van der Waals surface area contributed by atoms with Gasteiger partial charge in [-0.25, -0.2) is 0 Å². The third-order valence-electron chi connectivity index (χ3n) is 2.66. The topological polar surface area (TPSA) is 49.3 Å². The van der Waals surface area contributed by atoms with Crippen LogP contribution in [0.2, 0.25) is 0 Å². The molecular formula is C14H21NO2S. The van der Waals surface area contributed by atoms with Gasteiger partial charge in [-0.05, 0) is 31.4 Å². The maximum atomic E-state index is 11.6. The van der Waals surface area contributed by atoms with Gasteiger partial charge >= 0.3 is 0 Å². The molecule has 0 aromatic heterocycles. The Kier molecular flexibility index (Phi) is 6.83. The molecule has 18 heavy (non-hydrogen) atoms. The Morgan fingerprint density at radius 2 is 2.06 bits per heavy atom. The van der Waals surface area contributed by atoms with Crippen LogP contribution in [0, 0.1) is 12.8 Å². The molecule has 0 aliphatic rings. The van der Waals surface area contributed by atoms with Crippen molar-refractivity contribution in [3.8, 4) is 0 Å². The second kappa shape index (κ2) is 8.16. The van der Waals surface area contributed by atoms with E-state index in [0.29, 0.717) is 18.2 Å². The summed E-state index contributed by atoms with van der Waals surface area (Å²) in [6.07, 6.45) is 0.728. The van der Waals surface area contributed by atoms with E-state index in [2.05, 4.69) is 5.32 Å². The predicted molar refractivity (Wildman–Crippen MR) is 75.8 cm³/mol. The SMILES string of the molecule is Cc1ccc(SCC(=O)NCC(C)CCO)cc1. The zero-order valence-electron chi connectivity index (χ0n) is 11.0. The van der Waals surface area contributed by atoms with Gasteiger partial charge in [0.05, 0.1) is 5.75 Å². The minimum atomic E-state index is 0.0466. The molecule has 0 fully saturated rings. The monoisotopic (exact) mass is 267 g/mol. The van der Waals surface area contributed by atoms with E-state index in [0.717, 1.165) is 11.3 Å². The molecule has 100 valence electrons. The largest absolute Gasteiger partial charge is 0.396 e. The average molecular weight is 267 g/mol. The van der Waals surface area contributed by atoms with Gasteiger partial charge in [0, 0.05) is 18.0 Å². The fraction of sp³-hybridized carbons (Fsp3) is 0.500. The van der Waals surface area contributed by atoms with Crippen LogP contribution in [-0.2, 0) is 4.79 Å². The zero-order chi connectivity index (χ0) is 13.4. The van der Waals surface area contributed by atoms with Gasteiger partial charge < -0.3 is 10.4 Å². The number of hydrogen-bond donors (Lipinski definition) is 2. The van der Waals surface area contributed by atoms with Crippen molar-refractivity contribution >= 4 is 17.7 Å². The lowest BCUT2D eigenvalue weighted by molar-refractivity contribution is -0.118. The second-order valence-electron chi connectivity index (χ2n) is 4.52. The number of nitrogens with one attached hydrogen (secondary N) is 1. The molecule has 1 rings (SSSR count). The molecule has 1 aromatic carbocycles. The summed E-state index contributed by atoms with van der Waals surface area (Å²) >= 11 is 1.54. The van der Waals surface area contributed by atoms with E-state index in [1.807, 2.05) is 38.1 Å². The Morgan fingerprint density at radius 3 is 2.67 bits per heavy atom. The van der Waals surface area contributed by atoms with Gasteiger partial charge in [-0.2, -0.15) is 0 Å². The molecule has 0 aliphatic heterocycles. The molecule has 0 saturated heterocycles. The van der Waals surface area contributed by atoms with Crippen LogP contribution < -0.4 is 5.32 Å². The van der Waals surface area contributed by atoms with Crippen molar-refractivity contribution in [1.82, 2.24) is 5.32 Å². The van der Waals surface area contributed by atoms with Gasteiger partial charge in [-0.1, -0.05) is 24.6 Å². The minimum absolute atomic E-state index is 0.0466. The van der Waals surface area contributed by atoms with Gasteiger partial charge in [-0.3, -0.25) is 4.79 Å². The van der Waals surface area contributed by atoms with Gasteiger partial charge in [0.1, 0.15) is 0 Å². The Bertz CT molecular complexity index is 365. The molecule has 4 heteroatoms. The highest BCUT2D eigenvalue weighted by molar-refractivity contribution is 8.00. The molecule has 1 amide bonds. The Morgan fingerprint density at radius 1 is 1.39 bits per heavy atom. The summed E-state index contributed by atoms with van der Waals surface area (Å²) in [7, 11) is 0. The number of carbonyl (C=O) groups excluding carboxylic acids is 1. The smallest absolute Gasteiger partial charge is 0.230 e. The molecule has 0 spiro atoms. The van der Waals surface area contributed by atoms with Gasteiger partial charge in [0.15, 0.2) is 0 Å². The lowest BCUT2D eigenvalue weighted by atomic mass is 10.1. The van der Waals surface area contributed by atoms with Crippen molar-refractivity contribution in [3.05, 3.63) is 29.8 Å². The van der Waals surface area contributed by atoms with Crippen molar-refractivity contribution in [3.63, 3.8) is 0 Å². The Labute approximate surface area is 113 Å². The number of carbonyl (C=O) groups is 1. The number of thioether (sulfide) groups is 1. The highest BCUT2D eigenvalue weighted by Gasteiger charge is 2.05. The lowest BCUT2D eigenvalue weighted by Gasteiger charge is -2.10. The van der Waals surface area contributed by atoms with Crippen LogP contribution in [0.1, 0.15) is 18.9 Å². The van der Waals surface area contributed by atoms with Crippen molar-refractivity contribution in [2.24, 2.45) is 5.92 Å². The molecule has 3 nitrogen and oxygen atoms in total. The number of hydrogen-bond acceptors (Lipinski definition) is 3. The van der Waals surface area contributed by atoms with Crippen molar-refractivity contribution in [2.45, 2.75) is 25.2 Å². The van der Waals surface area contributed by atoms with Crippen LogP contribution in [0.5, 0.6) is 0 Å². The molecular weight excluding hydrogens is 246 g/mol. The van der Waals surface area contributed by atoms with Crippen LogP contribution in [0.4, 0.5) is 0 Å². The molecule has 0 radical (unpaired) electrons. The third-order valence-corrected chi connectivity index (χ3v) is 3.67. The highest BCUT2D eigenvalue weighted by Crippen LogP contribution is 2.17. The summed E-state index contributed by atoms with van der Waals surface area (Å²) in [5.74, 6) is 0.809. The van der Waals surface area contributed by atoms with Gasteiger partial charge in [0.25, 0.3) is 0 Å². The van der Waals surface area contributed by atoms with Crippen molar-refractivity contribution in [2.75, 3.05) is 18.9 Å². The molecule has 0 bridgehead atoms. The maximum absolute atomic E-state index is 11.6. The second-order valence-corrected chi connectivity index (χ2v) is 5.57. The summed E-state index contributed by atoms with van der Waals surface area (Å²) in [6.45, 7) is 4.87. The van der Waals surface area contributed by atoms with Crippen LogP contribution in [0.15, 0.2) is 29.2 Å². The first-order valence-electron chi connectivity index (χ1n) is 6.19. The van der Waals surface area contributed by atoms with Crippen molar-refractivity contribution < 1.29 is 9.90 Å². The summed E-state index contributed by atoms with van der Waals surface area (Å²) in [5, 5.41) is 11.6. The molecule has 1 aromatic rings. The maximum Gasteiger partial charge on any atom is 0.230 e. The lowest BCUT2D eigenvalue weighted by Crippen LogP contribution is -2.29. The fourth-order valence-electron chi connectivity index (χ4n) is 1.44. The number of aliphatic hydroxyl groups is 1. The first-order chi connectivity index (χ1) is 8.61. The highest BCUT2D eigenvalue weighted by atomic mass is 32.2. The first-order valence-corrected chi connectivity index (χ1v) is 7.17. The van der Waals surface area contributed by atoms with E-state index in [4.69, 9.17) is 5.11 Å². The van der Waals surface area contributed by atoms with Crippen LogP contribution in [0.3, 0.4) is 0 Å². The first kappa shape index (κ1) is 15.1. The molecule has 1 atom stereocenters. The number of aliphatic hydroxyl groups excluding tert-OH is 1. The van der Waals surface area contributed by atoms with E-state index in [1.165, 1.54) is 5.56 Å². The zero-order valence-corrected chi connectivity index (χ0v) is 11.8. The number of rotatable bonds is 7. The fourth-order valence-corrected chi connectivity index (χ4v) is 2.17. The van der Waals surface area contributed by atoms with Crippen molar-refractivity contribution in [1.29, 1.82) is 0 Å². The molecule has 0 saturated carbocycles. The summed E-state index contributed by atoms with van der Waals surface area (Å²) in [5.41, 5.74) is 1.22. The standard InChI is InChI=1S/C14H21NO2S/c1-11-3-5-13(6-4-11)18-10-14(17)15-9-12(2)7-8-16/h3-6,12,16H,7-10H2,1-2H3,(H,15,17). The summed E-state index contributed by atoms with van der Waals surface area (Å²) in [6, 6.07) is 8.15. The summed E-state index contributed by atoms with van der Waals surface area (Å²) < 4.78 is 0. The van der Waals surface area contributed by atoms with Crippen LogP contribution >= 0.6 is 11.8 Å². The molecule has 0 aliphatic carbocycles. The van der Waals surface area contributed by atoms with Crippen LogP contribution in [-0.4, -0.2) is 29.9 Å². The predicted octanol–water partition coefficient (Wildman–Crippen LogP) is 2.22. The van der Waals surface area contributed by atoms with E-state index in [1.54, 1.807) is 11.8 Å². The van der Waals surface area contributed by atoms with E-state index >= 15 is 0 Å². The molecule has 0 heterocycles. The van der Waals surface area contributed by atoms with Gasteiger partial charge in [-0.15, -0.1) is 11.8 Å². The molecule has 2 N–H and O–H groups in total. The minimum Gasteiger partial charge on any atom is -0.396 e.